The molecule has 13 heteroatoms. The molecule has 4 rings (SSSR count). The van der Waals surface area contributed by atoms with E-state index in [0.29, 0.717) is 45.6 Å². The number of esters is 1. The molecule has 1 atom stereocenters. The van der Waals surface area contributed by atoms with Crippen LogP contribution in [-0.2, 0) is 20.9 Å². The largest absolute Gasteiger partial charge is 0.487 e. The molecule has 224 valence electrons. The summed E-state index contributed by atoms with van der Waals surface area (Å²) in [5.41, 5.74) is 5.70. The Labute approximate surface area is 279 Å². The van der Waals surface area contributed by atoms with E-state index < -0.39 is 17.9 Å². The van der Waals surface area contributed by atoms with E-state index in [1.165, 1.54) is 6.21 Å². The molecule has 1 heterocycles. The van der Waals surface area contributed by atoms with Gasteiger partial charge in [-0.05, 0) is 77.9 Å². The standard InChI is InChI=1S/C30H27Br3N4O5S/c1-3-40-29(39)26-17(2)35-30(43)36-27(26)22-6-4-5-7-24(22)41-16-25(38)37-34-14-19-12-21(32)13-23(33)28(19)42-15-18-8-10-20(31)11-9-18/h4-14,27H,3,15-16H2,1-2H3,(H,37,38)(H2,35,36,43)/t27-/m1/s1. The fourth-order valence-electron chi connectivity index (χ4n) is 4.17. The van der Waals surface area contributed by atoms with Gasteiger partial charge in [-0.25, -0.2) is 10.2 Å². The first-order valence-electron chi connectivity index (χ1n) is 13.0. The Morgan fingerprint density at radius 1 is 1.05 bits per heavy atom. The number of allylic oxidation sites excluding steroid dienone is 1. The van der Waals surface area contributed by atoms with Crippen molar-refractivity contribution in [3.63, 3.8) is 0 Å². The van der Waals surface area contributed by atoms with E-state index in [4.69, 9.17) is 26.4 Å². The minimum atomic E-state index is -0.629. The van der Waals surface area contributed by atoms with Gasteiger partial charge in [0.25, 0.3) is 5.91 Å². The number of nitrogens with one attached hydrogen (secondary N) is 3. The molecule has 3 aromatic carbocycles. The summed E-state index contributed by atoms with van der Waals surface area (Å²) in [6, 6.07) is 18.0. The van der Waals surface area contributed by atoms with Crippen molar-refractivity contribution in [3.8, 4) is 11.5 Å². The second kappa shape index (κ2) is 15.5. The van der Waals surface area contributed by atoms with Gasteiger partial charge in [0.1, 0.15) is 18.1 Å². The number of thiocarbonyl (C=S) groups is 1. The molecule has 1 aliphatic rings. The molecule has 43 heavy (non-hydrogen) atoms. The summed E-state index contributed by atoms with van der Waals surface area (Å²) in [5.74, 6) is 0.0118. The van der Waals surface area contributed by atoms with Crippen molar-refractivity contribution in [1.29, 1.82) is 0 Å². The van der Waals surface area contributed by atoms with Crippen molar-refractivity contribution in [2.24, 2.45) is 5.10 Å². The molecule has 0 aliphatic carbocycles. The molecule has 0 spiro atoms. The van der Waals surface area contributed by atoms with Crippen molar-refractivity contribution in [2.45, 2.75) is 26.5 Å². The number of ether oxygens (including phenoxy) is 3. The molecule has 0 aromatic heterocycles. The summed E-state index contributed by atoms with van der Waals surface area (Å²) in [6.07, 6.45) is 1.50. The minimum Gasteiger partial charge on any atom is -0.487 e. The van der Waals surface area contributed by atoms with Crippen molar-refractivity contribution >= 4 is 83.2 Å². The summed E-state index contributed by atoms with van der Waals surface area (Å²) in [7, 11) is 0. The third-order valence-electron chi connectivity index (χ3n) is 6.08. The fraction of sp³-hybridized carbons (Fsp3) is 0.200. The topological polar surface area (TPSA) is 110 Å². The number of hydrogen-bond donors (Lipinski definition) is 3. The highest BCUT2D eigenvalue weighted by atomic mass is 79.9. The van der Waals surface area contributed by atoms with E-state index >= 15 is 0 Å². The van der Waals surface area contributed by atoms with Crippen molar-refractivity contribution < 1.29 is 23.8 Å². The van der Waals surface area contributed by atoms with E-state index in [-0.39, 0.29) is 13.2 Å². The molecule has 3 N–H and O–H groups in total. The van der Waals surface area contributed by atoms with Gasteiger partial charge in [-0.1, -0.05) is 62.2 Å². The Hall–Kier alpha value is -3.26. The monoisotopic (exact) mass is 792 g/mol. The summed E-state index contributed by atoms with van der Waals surface area (Å²) in [5, 5.41) is 10.5. The number of hydrogen-bond acceptors (Lipinski definition) is 7. The Morgan fingerprint density at radius 3 is 2.53 bits per heavy atom. The number of nitrogens with zero attached hydrogens (tertiary/aromatic N) is 1. The first-order valence-corrected chi connectivity index (χ1v) is 15.8. The number of benzene rings is 3. The Morgan fingerprint density at radius 2 is 1.79 bits per heavy atom. The average Bonchev–Trinajstić information content (AvgIpc) is 2.96. The van der Waals surface area contributed by atoms with Crippen LogP contribution in [0.25, 0.3) is 0 Å². The maximum atomic E-state index is 12.8. The van der Waals surface area contributed by atoms with Crippen molar-refractivity contribution in [2.75, 3.05) is 13.2 Å². The molecule has 0 bridgehead atoms. The van der Waals surface area contributed by atoms with Gasteiger partial charge in [0.15, 0.2) is 11.7 Å². The molecular weight excluding hydrogens is 768 g/mol. The average molecular weight is 795 g/mol. The van der Waals surface area contributed by atoms with Gasteiger partial charge in [-0.2, -0.15) is 5.10 Å². The van der Waals surface area contributed by atoms with E-state index in [0.717, 1.165) is 19.0 Å². The zero-order valence-corrected chi connectivity index (χ0v) is 28.7. The predicted molar refractivity (Wildman–Crippen MR) is 179 cm³/mol. The molecule has 1 amide bonds. The minimum absolute atomic E-state index is 0.224. The SMILES string of the molecule is CCOC(=O)C1=C(C)NC(=S)N[C@@H]1c1ccccc1OCC(=O)NN=Cc1cc(Br)cc(Br)c1OCc1ccc(Br)cc1. The van der Waals surface area contributed by atoms with E-state index in [1.807, 2.05) is 42.5 Å². The zero-order chi connectivity index (χ0) is 30.9. The number of para-hydroxylation sites is 1. The Bertz CT molecular complexity index is 1580. The van der Waals surface area contributed by atoms with E-state index in [1.54, 1.807) is 32.0 Å². The summed E-state index contributed by atoms with van der Waals surface area (Å²) in [4.78, 5) is 25.4. The maximum Gasteiger partial charge on any atom is 0.338 e. The lowest BCUT2D eigenvalue weighted by molar-refractivity contribution is -0.139. The lowest BCUT2D eigenvalue weighted by Gasteiger charge is -2.30. The van der Waals surface area contributed by atoms with Crippen molar-refractivity contribution in [1.82, 2.24) is 16.1 Å². The molecule has 0 fully saturated rings. The lowest BCUT2D eigenvalue weighted by Crippen LogP contribution is -2.45. The van der Waals surface area contributed by atoms with Crippen LogP contribution >= 0.6 is 60.0 Å². The molecule has 1 aliphatic heterocycles. The highest BCUT2D eigenvalue weighted by molar-refractivity contribution is 9.11. The second-order valence-corrected chi connectivity index (χ2v) is 12.2. The lowest BCUT2D eigenvalue weighted by atomic mass is 9.95. The van der Waals surface area contributed by atoms with E-state index in [9.17, 15) is 9.59 Å². The van der Waals surface area contributed by atoms with Crippen LogP contribution in [-0.4, -0.2) is 36.4 Å². The number of amides is 1. The molecule has 0 unspecified atom stereocenters. The molecule has 0 radical (unpaired) electrons. The number of halogens is 3. The van der Waals surface area contributed by atoms with Gasteiger partial charge in [-0.15, -0.1) is 0 Å². The van der Waals surface area contributed by atoms with Crippen LogP contribution in [0.1, 0.15) is 36.6 Å². The van der Waals surface area contributed by atoms with Crippen LogP contribution in [0.4, 0.5) is 0 Å². The quantitative estimate of drug-likeness (QED) is 0.0882. The normalized spacial score (nSPS) is 14.6. The van der Waals surface area contributed by atoms with Gasteiger partial charge in [0.2, 0.25) is 0 Å². The van der Waals surface area contributed by atoms with Crippen LogP contribution in [0.5, 0.6) is 11.5 Å². The van der Waals surface area contributed by atoms with Gasteiger partial charge in [0, 0.05) is 25.8 Å². The van der Waals surface area contributed by atoms with Crippen LogP contribution < -0.4 is 25.5 Å². The third kappa shape index (κ3) is 8.88. The van der Waals surface area contributed by atoms with Crippen LogP contribution in [0.2, 0.25) is 0 Å². The van der Waals surface area contributed by atoms with Crippen LogP contribution in [0.15, 0.2) is 90.5 Å². The molecule has 9 nitrogen and oxygen atoms in total. The molecule has 3 aromatic rings. The van der Waals surface area contributed by atoms with Crippen LogP contribution in [0.3, 0.4) is 0 Å². The smallest absolute Gasteiger partial charge is 0.338 e. The van der Waals surface area contributed by atoms with Gasteiger partial charge in [-0.3, -0.25) is 4.79 Å². The predicted octanol–water partition coefficient (Wildman–Crippen LogP) is 6.44. The summed E-state index contributed by atoms with van der Waals surface area (Å²) >= 11 is 15.8. The number of hydrazone groups is 1. The van der Waals surface area contributed by atoms with Gasteiger partial charge in [0.05, 0.1) is 28.9 Å². The highest BCUT2D eigenvalue weighted by Crippen LogP contribution is 2.34. The summed E-state index contributed by atoms with van der Waals surface area (Å²) in [6.45, 7) is 3.74. The molecule has 0 saturated carbocycles. The first-order chi connectivity index (χ1) is 20.7. The van der Waals surface area contributed by atoms with E-state index in [2.05, 4.69) is 69.0 Å². The Kier molecular flexibility index (Phi) is 11.7. The molecule has 0 saturated heterocycles. The molecular formula is C30H27Br3N4O5S. The fourth-order valence-corrected chi connectivity index (χ4v) is 6.08. The number of rotatable bonds is 11. The number of carbonyl (C=O) groups is 2. The first kappa shape index (κ1) is 32.6. The van der Waals surface area contributed by atoms with Gasteiger partial charge >= 0.3 is 5.97 Å². The summed E-state index contributed by atoms with van der Waals surface area (Å²) < 4.78 is 19.7. The van der Waals surface area contributed by atoms with Crippen LogP contribution in [0, 0.1) is 0 Å². The zero-order valence-electron chi connectivity index (χ0n) is 23.1. The van der Waals surface area contributed by atoms with Crippen molar-refractivity contribution in [3.05, 3.63) is 102 Å². The maximum absolute atomic E-state index is 12.8. The Balaban J connectivity index is 1.43. The second-order valence-electron chi connectivity index (χ2n) is 9.13. The third-order valence-corrected chi connectivity index (χ3v) is 7.88. The van der Waals surface area contributed by atoms with Gasteiger partial charge < -0.3 is 24.8 Å². The highest BCUT2D eigenvalue weighted by Gasteiger charge is 2.32. The number of carbonyl (C=O) groups excluding carboxylic acids is 2.